The Bertz CT molecular complexity index is 748. The van der Waals surface area contributed by atoms with Crippen LogP contribution in [0.25, 0.3) is 0 Å². The molecule has 2 aromatic rings. The lowest BCUT2D eigenvalue weighted by atomic mass is 10.1. The fourth-order valence-electron chi connectivity index (χ4n) is 2.18. The van der Waals surface area contributed by atoms with E-state index in [2.05, 4.69) is 5.32 Å². The predicted molar refractivity (Wildman–Crippen MR) is 85.1 cm³/mol. The summed E-state index contributed by atoms with van der Waals surface area (Å²) in [7, 11) is 0. The molecule has 1 unspecified atom stereocenters. The number of Topliss-reactive ketones (excluding diaryl/α,β-unsaturated/α-hetero) is 1. The molecule has 6 heteroatoms. The van der Waals surface area contributed by atoms with E-state index in [1.807, 2.05) is 6.07 Å². The normalized spacial score (nSPS) is 16.8. The van der Waals surface area contributed by atoms with E-state index >= 15 is 0 Å². The van der Waals surface area contributed by atoms with Crippen LogP contribution in [-0.2, 0) is 4.79 Å². The minimum atomic E-state index is -0.508. The van der Waals surface area contributed by atoms with Crippen molar-refractivity contribution in [1.29, 1.82) is 0 Å². The maximum absolute atomic E-state index is 12.9. The zero-order chi connectivity index (χ0) is 15.7. The number of rotatable bonds is 3. The van der Waals surface area contributed by atoms with E-state index in [4.69, 9.17) is 11.6 Å². The van der Waals surface area contributed by atoms with Crippen molar-refractivity contribution in [1.82, 2.24) is 0 Å². The number of thioether (sulfide) groups is 1. The fraction of sp³-hybridized carbons (Fsp3) is 0.125. The summed E-state index contributed by atoms with van der Waals surface area (Å²) in [4.78, 5) is 25.2. The van der Waals surface area contributed by atoms with Crippen LogP contribution in [0.2, 0.25) is 5.02 Å². The van der Waals surface area contributed by atoms with Crippen molar-refractivity contribution >= 4 is 40.7 Å². The molecule has 0 fully saturated rings. The number of anilines is 1. The van der Waals surface area contributed by atoms with E-state index in [1.165, 1.54) is 36.0 Å². The van der Waals surface area contributed by atoms with E-state index in [0.29, 0.717) is 16.3 Å². The highest BCUT2D eigenvalue weighted by Gasteiger charge is 2.29. The molecule has 3 nitrogen and oxygen atoms in total. The number of amides is 1. The number of fused-ring (bicyclic) bond motifs is 1. The standard InChI is InChI=1S/C16H11ClFNO2S/c17-10-3-6-14-12(7-10)19-16(21)15(22-14)8-13(20)9-1-4-11(18)5-2-9/h1-7,15H,8H2,(H,19,21). The first kappa shape index (κ1) is 15.1. The molecule has 1 atom stereocenters. The summed E-state index contributed by atoms with van der Waals surface area (Å²) in [5.41, 5.74) is 1.06. The first-order valence-electron chi connectivity index (χ1n) is 6.59. The smallest absolute Gasteiger partial charge is 0.238 e. The number of carbonyl (C=O) groups excluding carboxylic acids is 2. The van der Waals surface area contributed by atoms with Gasteiger partial charge in [0.05, 0.1) is 10.9 Å². The second-order valence-electron chi connectivity index (χ2n) is 4.87. The molecule has 3 rings (SSSR count). The third kappa shape index (κ3) is 3.15. The van der Waals surface area contributed by atoms with Gasteiger partial charge in [0.25, 0.3) is 0 Å². The summed E-state index contributed by atoms with van der Waals surface area (Å²) < 4.78 is 12.9. The van der Waals surface area contributed by atoms with Crippen molar-refractivity contribution in [3.8, 4) is 0 Å². The quantitative estimate of drug-likeness (QED) is 0.856. The van der Waals surface area contributed by atoms with Crippen LogP contribution in [-0.4, -0.2) is 16.9 Å². The molecule has 0 aliphatic carbocycles. The van der Waals surface area contributed by atoms with E-state index < -0.39 is 11.1 Å². The van der Waals surface area contributed by atoms with Gasteiger partial charge < -0.3 is 5.32 Å². The van der Waals surface area contributed by atoms with Crippen LogP contribution in [0.15, 0.2) is 47.4 Å². The summed E-state index contributed by atoms with van der Waals surface area (Å²) in [5, 5.41) is 2.79. The Labute approximate surface area is 135 Å². The first-order chi connectivity index (χ1) is 10.5. The summed E-state index contributed by atoms with van der Waals surface area (Å²) in [6.45, 7) is 0. The molecule has 0 aromatic heterocycles. The molecular weight excluding hydrogens is 325 g/mol. The van der Waals surface area contributed by atoms with Crippen LogP contribution in [0.1, 0.15) is 16.8 Å². The second kappa shape index (κ2) is 6.10. The monoisotopic (exact) mass is 335 g/mol. The minimum Gasteiger partial charge on any atom is -0.324 e. The maximum atomic E-state index is 12.9. The average Bonchev–Trinajstić information content (AvgIpc) is 2.49. The van der Waals surface area contributed by atoms with Crippen LogP contribution in [0.4, 0.5) is 10.1 Å². The Balaban J connectivity index is 1.76. The van der Waals surface area contributed by atoms with Crippen LogP contribution < -0.4 is 5.32 Å². The molecule has 0 saturated carbocycles. The molecule has 1 heterocycles. The van der Waals surface area contributed by atoms with Crippen molar-refractivity contribution in [3.63, 3.8) is 0 Å². The lowest BCUT2D eigenvalue weighted by Crippen LogP contribution is -2.30. The van der Waals surface area contributed by atoms with E-state index in [1.54, 1.807) is 12.1 Å². The van der Waals surface area contributed by atoms with Gasteiger partial charge in [-0.3, -0.25) is 9.59 Å². The minimum absolute atomic E-state index is 0.0597. The molecule has 0 spiro atoms. The largest absolute Gasteiger partial charge is 0.324 e. The highest BCUT2D eigenvalue weighted by molar-refractivity contribution is 8.01. The van der Waals surface area contributed by atoms with Crippen LogP contribution in [0.3, 0.4) is 0 Å². The molecule has 22 heavy (non-hydrogen) atoms. The van der Waals surface area contributed by atoms with Gasteiger partial charge in [-0.25, -0.2) is 4.39 Å². The van der Waals surface area contributed by atoms with Gasteiger partial charge in [0.1, 0.15) is 5.82 Å². The van der Waals surface area contributed by atoms with Crippen LogP contribution in [0, 0.1) is 5.82 Å². The van der Waals surface area contributed by atoms with Crippen molar-refractivity contribution in [2.45, 2.75) is 16.6 Å². The van der Waals surface area contributed by atoms with Crippen molar-refractivity contribution < 1.29 is 14.0 Å². The van der Waals surface area contributed by atoms with Gasteiger partial charge in [-0.15, -0.1) is 11.8 Å². The third-order valence-corrected chi connectivity index (χ3v) is 4.81. The maximum Gasteiger partial charge on any atom is 0.238 e. The molecule has 112 valence electrons. The van der Waals surface area contributed by atoms with E-state index in [9.17, 15) is 14.0 Å². The summed E-state index contributed by atoms with van der Waals surface area (Å²) in [5.74, 6) is -0.813. The predicted octanol–water partition coefficient (Wildman–Crippen LogP) is 4.16. The molecular formula is C16H11ClFNO2S. The van der Waals surface area contributed by atoms with Crippen LogP contribution >= 0.6 is 23.4 Å². The number of hydrogen-bond donors (Lipinski definition) is 1. The second-order valence-corrected chi connectivity index (χ2v) is 6.55. The molecule has 1 N–H and O–H groups in total. The molecule has 2 aromatic carbocycles. The van der Waals surface area contributed by atoms with E-state index in [0.717, 1.165) is 4.90 Å². The Morgan fingerprint density at radius 3 is 2.68 bits per heavy atom. The lowest BCUT2D eigenvalue weighted by Gasteiger charge is -2.23. The Morgan fingerprint density at radius 2 is 1.95 bits per heavy atom. The first-order valence-corrected chi connectivity index (χ1v) is 7.84. The SMILES string of the molecule is O=C(CC1Sc2ccc(Cl)cc2NC1=O)c1ccc(F)cc1. The molecule has 0 radical (unpaired) electrons. The van der Waals surface area contributed by atoms with Gasteiger partial charge in [0.2, 0.25) is 5.91 Å². The van der Waals surface area contributed by atoms with Gasteiger partial charge in [-0.05, 0) is 42.5 Å². The molecule has 0 saturated heterocycles. The summed E-state index contributed by atoms with van der Waals surface area (Å²) in [6, 6.07) is 10.6. The Morgan fingerprint density at radius 1 is 1.23 bits per heavy atom. The van der Waals surface area contributed by atoms with Gasteiger partial charge in [0.15, 0.2) is 5.78 Å². The molecule has 1 aliphatic heterocycles. The zero-order valence-electron chi connectivity index (χ0n) is 11.3. The van der Waals surface area contributed by atoms with Crippen molar-refractivity contribution in [2.75, 3.05) is 5.32 Å². The van der Waals surface area contributed by atoms with Crippen molar-refractivity contribution in [2.24, 2.45) is 0 Å². The van der Waals surface area contributed by atoms with Gasteiger partial charge in [-0.1, -0.05) is 11.6 Å². The number of benzene rings is 2. The molecule has 1 aliphatic rings. The Hall–Kier alpha value is -1.85. The number of hydrogen-bond acceptors (Lipinski definition) is 3. The number of nitrogens with one attached hydrogen (secondary N) is 1. The highest BCUT2D eigenvalue weighted by atomic mass is 35.5. The molecule has 0 bridgehead atoms. The van der Waals surface area contributed by atoms with Gasteiger partial charge in [-0.2, -0.15) is 0 Å². The summed E-state index contributed by atoms with van der Waals surface area (Å²) in [6.07, 6.45) is 0.0597. The fourth-order valence-corrected chi connectivity index (χ4v) is 3.44. The lowest BCUT2D eigenvalue weighted by molar-refractivity contribution is -0.115. The number of carbonyl (C=O) groups is 2. The number of halogens is 2. The van der Waals surface area contributed by atoms with Crippen molar-refractivity contribution in [3.05, 3.63) is 58.9 Å². The number of ketones is 1. The summed E-state index contributed by atoms with van der Waals surface area (Å²) >= 11 is 7.23. The van der Waals surface area contributed by atoms with Crippen LogP contribution in [0.5, 0.6) is 0 Å². The average molecular weight is 336 g/mol. The third-order valence-electron chi connectivity index (χ3n) is 3.30. The van der Waals surface area contributed by atoms with Gasteiger partial charge >= 0.3 is 0 Å². The molecule has 1 amide bonds. The highest BCUT2D eigenvalue weighted by Crippen LogP contribution is 2.38. The Kier molecular flexibility index (Phi) is 4.18. The van der Waals surface area contributed by atoms with E-state index in [-0.39, 0.29) is 18.1 Å². The van der Waals surface area contributed by atoms with Gasteiger partial charge in [0, 0.05) is 21.9 Å². The topological polar surface area (TPSA) is 46.2 Å². The zero-order valence-corrected chi connectivity index (χ0v) is 12.9.